The summed E-state index contributed by atoms with van der Waals surface area (Å²) in [5.41, 5.74) is 1.34. The molecule has 1 unspecified atom stereocenters. The quantitative estimate of drug-likeness (QED) is 0.336. The molecule has 1 atom stereocenters. The van der Waals surface area contributed by atoms with Gasteiger partial charge in [0, 0.05) is 26.7 Å². The monoisotopic (exact) mass is 413 g/mol. The van der Waals surface area contributed by atoms with E-state index in [0.29, 0.717) is 12.6 Å². The number of hydrogen-bond donors (Lipinski definition) is 3. The number of carbonyl (C=O) groups is 1. The fourth-order valence-electron chi connectivity index (χ4n) is 3.59. The highest BCUT2D eigenvalue weighted by molar-refractivity contribution is 7.12. The maximum atomic E-state index is 11.9. The zero-order valence-electron chi connectivity index (χ0n) is 17.1. The highest BCUT2D eigenvalue weighted by atomic mass is 32.1. The first-order valence-corrected chi connectivity index (χ1v) is 11.2. The molecule has 29 heavy (non-hydrogen) atoms. The van der Waals surface area contributed by atoms with Crippen LogP contribution in [0.4, 0.5) is 0 Å². The van der Waals surface area contributed by atoms with Gasteiger partial charge >= 0.3 is 0 Å². The summed E-state index contributed by atoms with van der Waals surface area (Å²) in [7, 11) is 1.79. The van der Waals surface area contributed by atoms with Crippen molar-refractivity contribution >= 4 is 23.2 Å². The smallest absolute Gasteiger partial charge is 0.261 e. The van der Waals surface area contributed by atoms with Gasteiger partial charge in [0.25, 0.3) is 5.91 Å². The lowest BCUT2D eigenvalue weighted by molar-refractivity contribution is 0.0957. The number of likely N-dealkylation sites (tertiary alicyclic amines) is 1. The van der Waals surface area contributed by atoms with Crippen molar-refractivity contribution in [2.45, 2.75) is 25.3 Å². The van der Waals surface area contributed by atoms with Gasteiger partial charge in [-0.05, 0) is 49.4 Å². The predicted octanol–water partition coefficient (Wildman–Crippen LogP) is 2.87. The summed E-state index contributed by atoms with van der Waals surface area (Å²) in [4.78, 5) is 19.6. The van der Waals surface area contributed by atoms with Gasteiger partial charge in [0.15, 0.2) is 5.96 Å². The van der Waals surface area contributed by atoms with Gasteiger partial charge in [-0.1, -0.05) is 36.4 Å². The van der Waals surface area contributed by atoms with Crippen molar-refractivity contribution in [3.05, 3.63) is 58.3 Å². The zero-order valence-corrected chi connectivity index (χ0v) is 17.9. The Balaban J connectivity index is 1.41. The second-order valence-corrected chi connectivity index (χ2v) is 8.08. The molecule has 1 fully saturated rings. The van der Waals surface area contributed by atoms with Gasteiger partial charge in [-0.2, -0.15) is 0 Å². The van der Waals surface area contributed by atoms with Gasteiger partial charge in [0.1, 0.15) is 0 Å². The number of thiophene rings is 1. The molecule has 0 saturated carbocycles. The van der Waals surface area contributed by atoms with E-state index < -0.39 is 0 Å². The number of nitrogens with one attached hydrogen (secondary N) is 3. The van der Waals surface area contributed by atoms with Crippen molar-refractivity contribution in [1.29, 1.82) is 0 Å². The fraction of sp³-hybridized carbons (Fsp3) is 0.455. The normalized spacial score (nSPS) is 15.8. The minimum Gasteiger partial charge on any atom is -0.356 e. The molecule has 3 rings (SSSR count). The summed E-state index contributed by atoms with van der Waals surface area (Å²) in [6.45, 7) is 4.51. The molecule has 1 aliphatic heterocycles. The molecule has 0 bridgehead atoms. The Morgan fingerprint density at radius 1 is 1.07 bits per heavy atom. The summed E-state index contributed by atoms with van der Waals surface area (Å²) < 4.78 is 0. The first-order valence-electron chi connectivity index (χ1n) is 10.3. The summed E-state index contributed by atoms with van der Waals surface area (Å²) in [6.07, 6.45) is 3.38. The number of carbonyl (C=O) groups excluding carboxylic acids is 1. The summed E-state index contributed by atoms with van der Waals surface area (Å²) in [5, 5.41) is 11.7. The van der Waals surface area contributed by atoms with Crippen LogP contribution in [0, 0.1) is 0 Å². The molecular weight excluding hydrogens is 382 g/mol. The molecule has 3 N–H and O–H groups in total. The van der Waals surface area contributed by atoms with E-state index in [1.807, 2.05) is 17.5 Å². The standard InChI is InChI=1S/C22H31N5OS/c1-23-22(25-13-8-12-24-21(28)20-11-7-16-29-20)26-17-19(27-14-5-6-15-27)18-9-3-2-4-10-18/h2-4,7,9-11,16,19H,5-6,8,12-15,17H2,1H3,(H,24,28)(H2,23,25,26). The Morgan fingerprint density at radius 3 is 2.52 bits per heavy atom. The highest BCUT2D eigenvalue weighted by Crippen LogP contribution is 2.24. The molecule has 0 aliphatic carbocycles. The Bertz CT molecular complexity index is 757. The molecule has 7 heteroatoms. The average Bonchev–Trinajstić information content (AvgIpc) is 3.47. The lowest BCUT2D eigenvalue weighted by atomic mass is 10.1. The third-order valence-electron chi connectivity index (χ3n) is 5.13. The van der Waals surface area contributed by atoms with Crippen LogP contribution in [0.2, 0.25) is 0 Å². The highest BCUT2D eigenvalue weighted by Gasteiger charge is 2.23. The van der Waals surface area contributed by atoms with E-state index in [9.17, 15) is 4.79 Å². The van der Waals surface area contributed by atoms with Crippen LogP contribution in [0.5, 0.6) is 0 Å². The van der Waals surface area contributed by atoms with E-state index in [0.717, 1.165) is 43.4 Å². The lowest BCUT2D eigenvalue weighted by Gasteiger charge is -2.29. The van der Waals surface area contributed by atoms with E-state index in [4.69, 9.17) is 0 Å². The van der Waals surface area contributed by atoms with Gasteiger partial charge in [-0.15, -0.1) is 11.3 Å². The van der Waals surface area contributed by atoms with Gasteiger partial charge < -0.3 is 16.0 Å². The van der Waals surface area contributed by atoms with Crippen LogP contribution in [-0.4, -0.2) is 56.5 Å². The molecule has 0 spiro atoms. The van der Waals surface area contributed by atoms with Crippen molar-refractivity contribution in [3.63, 3.8) is 0 Å². The third kappa shape index (κ3) is 6.58. The van der Waals surface area contributed by atoms with Crippen LogP contribution < -0.4 is 16.0 Å². The molecule has 156 valence electrons. The number of guanidine groups is 1. The molecule has 1 aromatic carbocycles. The van der Waals surface area contributed by atoms with Crippen LogP contribution in [0.25, 0.3) is 0 Å². The largest absolute Gasteiger partial charge is 0.356 e. The van der Waals surface area contributed by atoms with Crippen LogP contribution in [0.3, 0.4) is 0 Å². The first kappa shape index (κ1) is 21.3. The van der Waals surface area contributed by atoms with E-state index in [1.54, 1.807) is 7.05 Å². The van der Waals surface area contributed by atoms with Crippen LogP contribution >= 0.6 is 11.3 Å². The number of amides is 1. The minimum atomic E-state index is -0.00109. The van der Waals surface area contributed by atoms with Gasteiger partial charge in [-0.3, -0.25) is 14.7 Å². The lowest BCUT2D eigenvalue weighted by Crippen LogP contribution is -2.43. The van der Waals surface area contributed by atoms with Crippen molar-refractivity contribution in [1.82, 2.24) is 20.9 Å². The summed E-state index contributed by atoms with van der Waals surface area (Å²) in [5.74, 6) is 0.800. The maximum absolute atomic E-state index is 11.9. The van der Waals surface area contributed by atoms with E-state index in [2.05, 4.69) is 56.2 Å². The number of rotatable bonds is 9. The number of benzene rings is 1. The molecule has 2 aromatic rings. The van der Waals surface area contributed by atoms with Crippen molar-refractivity contribution in [3.8, 4) is 0 Å². The Hall–Kier alpha value is -2.38. The molecule has 1 amide bonds. The maximum Gasteiger partial charge on any atom is 0.261 e. The second kappa shape index (κ2) is 11.6. The average molecular weight is 414 g/mol. The number of nitrogens with zero attached hydrogens (tertiary/aromatic N) is 2. The van der Waals surface area contributed by atoms with E-state index in [-0.39, 0.29) is 5.91 Å². The van der Waals surface area contributed by atoms with E-state index in [1.165, 1.54) is 29.7 Å². The Labute approximate surface area is 177 Å². The van der Waals surface area contributed by atoms with Gasteiger partial charge in [0.2, 0.25) is 0 Å². The predicted molar refractivity (Wildman–Crippen MR) is 121 cm³/mol. The molecule has 0 radical (unpaired) electrons. The van der Waals surface area contributed by atoms with Crippen LogP contribution in [0.1, 0.15) is 40.5 Å². The van der Waals surface area contributed by atoms with Crippen LogP contribution in [-0.2, 0) is 0 Å². The summed E-state index contributed by atoms with van der Waals surface area (Å²) >= 11 is 1.46. The minimum absolute atomic E-state index is 0.00109. The second-order valence-electron chi connectivity index (χ2n) is 7.14. The van der Waals surface area contributed by atoms with Gasteiger partial charge in [0.05, 0.1) is 10.9 Å². The summed E-state index contributed by atoms with van der Waals surface area (Å²) in [6, 6.07) is 14.8. The third-order valence-corrected chi connectivity index (χ3v) is 6.00. The van der Waals surface area contributed by atoms with Crippen molar-refractivity contribution < 1.29 is 4.79 Å². The molecule has 6 nitrogen and oxygen atoms in total. The molecule has 2 heterocycles. The molecule has 1 aromatic heterocycles. The fourth-order valence-corrected chi connectivity index (χ4v) is 4.23. The Morgan fingerprint density at radius 2 is 1.83 bits per heavy atom. The molecule has 1 aliphatic rings. The number of aliphatic imine (C=N–C) groups is 1. The topological polar surface area (TPSA) is 68.8 Å². The van der Waals surface area contributed by atoms with Crippen LogP contribution in [0.15, 0.2) is 52.8 Å². The van der Waals surface area contributed by atoms with Crippen molar-refractivity contribution in [2.75, 3.05) is 39.8 Å². The number of hydrogen-bond acceptors (Lipinski definition) is 4. The molecular formula is C22H31N5OS. The SMILES string of the molecule is CN=C(NCCCNC(=O)c1cccs1)NCC(c1ccccc1)N1CCCC1. The van der Waals surface area contributed by atoms with E-state index >= 15 is 0 Å². The Kier molecular flexibility index (Phi) is 8.52. The first-order chi connectivity index (χ1) is 14.3. The van der Waals surface area contributed by atoms with Gasteiger partial charge in [-0.25, -0.2) is 0 Å². The van der Waals surface area contributed by atoms with Crippen molar-refractivity contribution in [2.24, 2.45) is 4.99 Å². The molecule has 1 saturated heterocycles. The zero-order chi connectivity index (χ0) is 20.3.